The van der Waals surface area contributed by atoms with E-state index in [0.29, 0.717) is 0 Å². The Morgan fingerprint density at radius 1 is 0.400 bits per heavy atom. The van der Waals surface area contributed by atoms with E-state index in [0.717, 1.165) is 11.5 Å². The van der Waals surface area contributed by atoms with Crippen LogP contribution < -0.4 is 4.74 Å². The smallest absolute Gasteiger partial charge is 0.132 e. The summed E-state index contributed by atoms with van der Waals surface area (Å²) >= 11 is 0. The first-order valence-corrected chi connectivity index (χ1v) is 15.9. The van der Waals surface area contributed by atoms with Gasteiger partial charge in [0.1, 0.15) is 11.5 Å². The molecule has 0 fully saturated rings. The summed E-state index contributed by atoms with van der Waals surface area (Å²) in [5.41, 5.74) is 14.9. The first-order chi connectivity index (χ1) is 22.1. The highest BCUT2D eigenvalue weighted by Gasteiger charge is 2.52. The molecule has 2 aliphatic carbocycles. The molecule has 1 heteroatoms. The molecule has 3 aliphatic rings. The van der Waals surface area contributed by atoms with Crippen LogP contribution in [0, 0.1) is 0 Å². The predicted octanol–water partition coefficient (Wildman–Crippen LogP) is 11.3. The van der Waals surface area contributed by atoms with E-state index in [-0.39, 0.29) is 5.41 Å². The molecule has 1 aliphatic heterocycles. The van der Waals surface area contributed by atoms with Gasteiger partial charge in [-0.05, 0) is 96.7 Å². The summed E-state index contributed by atoms with van der Waals surface area (Å²) in [4.78, 5) is 0. The van der Waals surface area contributed by atoms with Gasteiger partial charge in [-0.1, -0.05) is 129 Å². The normalized spacial score (nSPS) is 15.4. The van der Waals surface area contributed by atoms with E-state index in [9.17, 15) is 0 Å². The molecule has 0 unspecified atom stereocenters. The van der Waals surface area contributed by atoms with E-state index >= 15 is 0 Å². The van der Waals surface area contributed by atoms with E-state index in [4.69, 9.17) is 4.74 Å². The average molecular weight is 575 g/mol. The lowest BCUT2D eigenvalue weighted by molar-refractivity contribution is 0.437. The third-order valence-electron chi connectivity index (χ3n) is 10.7. The van der Waals surface area contributed by atoms with Gasteiger partial charge in [0.05, 0.1) is 5.41 Å². The third kappa shape index (κ3) is 3.08. The molecule has 0 bridgehead atoms. The van der Waals surface area contributed by atoms with Crippen LogP contribution in [0.3, 0.4) is 0 Å². The van der Waals surface area contributed by atoms with Crippen LogP contribution in [-0.2, 0) is 10.8 Å². The van der Waals surface area contributed by atoms with Crippen LogP contribution in [0.4, 0.5) is 0 Å². The van der Waals surface area contributed by atoms with Gasteiger partial charge in [0.15, 0.2) is 0 Å². The molecule has 0 radical (unpaired) electrons. The maximum atomic E-state index is 6.78. The largest absolute Gasteiger partial charge is 0.457 e. The maximum absolute atomic E-state index is 6.78. The van der Waals surface area contributed by atoms with Crippen molar-refractivity contribution in [1.82, 2.24) is 0 Å². The van der Waals surface area contributed by atoms with Gasteiger partial charge in [0.25, 0.3) is 0 Å². The molecule has 212 valence electrons. The number of benzene rings is 7. The molecule has 0 saturated carbocycles. The first-order valence-electron chi connectivity index (χ1n) is 15.9. The molecular formula is C44H30O. The van der Waals surface area contributed by atoms with E-state index < -0.39 is 5.41 Å². The molecule has 1 nitrogen and oxygen atoms in total. The summed E-state index contributed by atoms with van der Waals surface area (Å²) in [7, 11) is 0. The van der Waals surface area contributed by atoms with Crippen molar-refractivity contribution in [2.45, 2.75) is 24.7 Å². The first kappa shape index (κ1) is 25.0. The maximum Gasteiger partial charge on any atom is 0.132 e. The van der Waals surface area contributed by atoms with Crippen LogP contribution in [0.25, 0.3) is 44.2 Å². The Kier molecular flexibility index (Phi) is 4.78. The van der Waals surface area contributed by atoms with Crippen LogP contribution >= 0.6 is 0 Å². The van der Waals surface area contributed by atoms with Crippen LogP contribution in [-0.4, -0.2) is 0 Å². The Morgan fingerprint density at radius 2 is 0.956 bits per heavy atom. The molecule has 1 heterocycles. The highest BCUT2D eigenvalue weighted by atomic mass is 16.5. The minimum absolute atomic E-state index is 0.118. The fourth-order valence-corrected chi connectivity index (χ4v) is 8.75. The Bertz CT molecular complexity index is 2340. The van der Waals surface area contributed by atoms with Crippen molar-refractivity contribution in [3.05, 3.63) is 179 Å². The van der Waals surface area contributed by atoms with Crippen molar-refractivity contribution >= 4 is 10.8 Å². The highest BCUT2D eigenvalue weighted by Crippen LogP contribution is 2.64. The second-order valence-electron chi connectivity index (χ2n) is 13.2. The second kappa shape index (κ2) is 8.61. The molecular weight excluding hydrogens is 544 g/mol. The van der Waals surface area contributed by atoms with Gasteiger partial charge in [-0.15, -0.1) is 0 Å². The van der Waals surface area contributed by atoms with Crippen LogP contribution in [0.15, 0.2) is 146 Å². The fraction of sp³-hybridized carbons (Fsp3) is 0.0909. The molecule has 0 saturated heterocycles. The van der Waals surface area contributed by atoms with Gasteiger partial charge in [-0.25, -0.2) is 0 Å². The van der Waals surface area contributed by atoms with Crippen molar-refractivity contribution < 1.29 is 4.74 Å². The summed E-state index contributed by atoms with van der Waals surface area (Å²) in [6, 6.07) is 53.8. The summed E-state index contributed by atoms with van der Waals surface area (Å²) in [6.45, 7) is 4.75. The van der Waals surface area contributed by atoms with Crippen LogP contribution in [0.5, 0.6) is 11.5 Å². The van der Waals surface area contributed by atoms with Crippen LogP contribution in [0.2, 0.25) is 0 Å². The fourth-order valence-electron chi connectivity index (χ4n) is 8.75. The lowest BCUT2D eigenvalue weighted by Crippen LogP contribution is -2.32. The van der Waals surface area contributed by atoms with Gasteiger partial charge < -0.3 is 4.74 Å². The van der Waals surface area contributed by atoms with Crippen molar-refractivity contribution in [1.29, 1.82) is 0 Å². The van der Waals surface area contributed by atoms with E-state index in [1.54, 1.807) is 0 Å². The number of hydrogen-bond donors (Lipinski definition) is 0. The number of para-hydroxylation sites is 1. The summed E-state index contributed by atoms with van der Waals surface area (Å²) in [5, 5.41) is 2.59. The molecule has 0 amide bonds. The highest BCUT2D eigenvalue weighted by molar-refractivity contribution is 5.95. The van der Waals surface area contributed by atoms with Crippen LogP contribution in [0.1, 0.15) is 47.2 Å². The topological polar surface area (TPSA) is 9.23 Å². The zero-order valence-electron chi connectivity index (χ0n) is 25.3. The average Bonchev–Trinajstić information content (AvgIpc) is 3.49. The zero-order chi connectivity index (χ0) is 29.9. The Morgan fingerprint density at radius 3 is 1.71 bits per heavy atom. The molecule has 7 aromatic carbocycles. The predicted molar refractivity (Wildman–Crippen MR) is 184 cm³/mol. The Labute approximate surface area is 263 Å². The molecule has 7 aromatic rings. The number of rotatable bonds is 1. The van der Waals surface area contributed by atoms with Crippen molar-refractivity contribution in [2.24, 2.45) is 0 Å². The minimum atomic E-state index is -0.497. The van der Waals surface area contributed by atoms with E-state index in [1.807, 2.05) is 0 Å². The third-order valence-corrected chi connectivity index (χ3v) is 10.7. The molecule has 1 spiro atoms. The molecule has 0 aromatic heterocycles. The lowest BCUT2D eigenvalue weighted by atomic mass is 9.64. The number of hydrogen-bond acceptors (Lipinski definition) is 1. The van der Waals surface area contributed by atoms with Crippen molar-refractivity contribution in [2.75, 3.05) is 0 Å². The molecule has 10 rings (SSSR count). The monoisotopic (exact) mass is 574 g/mol. The summed E-state index contributed by atoms with van der Waals surface area (Å²) < 4.78 is 6.78. The van der Waals surface area contributed by atoms with Gasteiger partial charge in [-0.3, -0.25) is 0 Å². The van der Waals surface area contributed by atoms with E-state index in [1.165, 1.54) is 77.5 Å². The van der Waals surface area contributed by atoms with Crippen molar-refractivity contribution in [3.8, 4) is 44.9 Å². The Balaban J connectivity index is 1.27. The minimum Gasteiger partial charge on any atom is -0.457 e. The zero-order valence-corrected chi connectivity index (χ0v) is 25.3. The van der Waals surface area contributed by atoms with Gasteiger partial charge in [-0.2, -0.15) is 0 Å². The lowest BCUT2D eigenvalue weighted by Gasteiger charge is -2.40. The number of fused-ring (bicyclic) bond motifs is 13. The standard InChI is InChI=1S/C44H30O/c1-43(2)38-26-29(22-23-33(38)34-24-27-12-3-4-13-28(27)25-39(34)43)30-16-11-21-41-42(30)44(37-19-9-10-20-40(37)45-41)35-17-7-5-14-31(35)32-15-6-8-18-36(32)44/h3-26H,1-2H3. The summed E-state index contributed by atoms with van der Waals surface area (Å²) in [5.74, 6) is 1.85. The SMILES string of the molecule is CC1(C)c2cc(-c3cccc4c3C3(c5ccccc5O4)c4ccccc4-c4ccccc43)ccc2-c2cc3ccccc3cc21. The quantitative estimate of drug-likeness (QED) is 0.189. The van der Waals surface area contributed by atoms with Gasteiger partial charge >= 0.3 is 0 Å². The van der Waals surface area contributed by atoms with Gasteiger partial charge in [0, 0.05) is 16.5 Å². The Hall–Kier alpha value is -5.40. The van der Waals surface area contributed by atoms with E-state index in [2.05, 4.69) is 159 Å². The van der Waals surface area contributed by atoms with Crippen molar-refractivity contribution in [3.63, 3.8) is 0 Å². The van der Waals surface area contributed by atoms with Gasteiger partial charge in [0.2, 0.25) is 0 Å². The number of ether oxygens (including phenoxy) is 1. The molecule has 0 atom stereocenters. The molecule has 0 N–H and O–H groups in total. The molecule has 45 heavy (non-hydrogen) atoms. The summed E-state index contributed by atoms with van der Waals surface area (Å²) in [6.07, 6.45) is 0. The second-order valence-corrected chi connectivity index (χ2v) is 13.2.